The van der Waals surface area contributed by atoms with Gasteiger partial charge in [-0.3, -0.25) is 4.90 Å². The maximum absolute atomic E-state index is 9.45. The average molecular weight is 599 g/mol. The van der Waals surface area contributed by atoms with Crippen molar-refractivity contribution in [1.29, 1.82) is 5.26 Å². The van der Waals surface area contributed by atoms with Crippen molar-refractivity contribution in [3.05, 3.63) is 113 Å². The van der Waals surface area contributed by atoms with Crippen molar-refractivity contribution in [2.75, 3.05) is 13.6 Å². The summed E-state index contributed by atoms with van der Waals surface area (Å²) in [4.78, 5) is 7.73. The third-order valence-electron chi connectivity index (χ3n) is 8.19. The average Bonchev–Trinajstić information content (AvgIpc) is 3.83. The van der Waals surface area contributed by atoms with Gasteiger partial charge in [0.25, 0.3) is 0 Å². The van der Waals surface area contributed by atoms with Crippen LogP contribution in [0.5, 0.6) is 23.0 Å². The van der Waals surface area contributed by atoms with Crippen LogP contribution in [-0.2, 0) is 26.2 Å². The lowest BCUT2D eigenvalue weighted by atomic mass is 10.1. The molecule has 5 aromatic rings. The quantitative estimate of drug-likeness (QED) is 0.155. The van der Waals surface area contributed by atoms with Gasteiger partial charge in [0, 0.05) is 37.3 Å². The lowest BCUT2D eigenvalue weighted by molar-refractivity contribution is 0.173. The Bertz CT molecular complexity index is 1780. The zero-order valence-corrected chi connectivity index (χ0v) is 25.2. The van der Waals surface area contributed by atoms with E-state index in [1.165, 1.54) is 0 Å². The molecule has 7 rings (SSSR count). The third kappa shape index (κ3) is 6.08. The van der Waals surface area contributed by atoms with Crippen LogP contribution >= 0.6 is 0 Å². The number of fused-ring (bicyclic) bond motifs is 2. The second-order valence-electron chi connectivity index (χ2n) is 11.3. The predicted octanol–water partition coefficient (Wildman–Crippen LogP) is 7.55. The zero-order chi connectivity index (χ0) is 30.6. The Morgan fingerprint density at radius 3 is 1.96 bits per heavy atom. The SMILES string of the molecule is CCCCn1c(-c2ccccc2)nc(-c2ccc(C#N)cc2)c1CN(Cc1ccc2c(c1)OCO2)Cc1ccc2c(c1)OCO2. The molecule has 4 aromatic carbocycles. The summed E-state index contributed by atoms with van der Waals surface area (Å²) in [6.45, 7) is 5.54. The molecule has 0 N–H and O–H groups in total. The molecule has 2 aliphatic rings. The second-order valence-corrected chi connectivity index (χ2v) is 11.3. The first-order valence-corrected chi connectivity index (χ1v) is 15.3. The van der Waals surface area contributed by atoms with Crippen LogP contribution in [0.25, 0.3) is 22.6 Å². The first-order chi connectivity index (χ1) is 22.2. The minimum absolute atomic E-state index is 0.243. The van der Waals surface area contributed by atoms with E-state index in [1.807, 2.05) is 42.5 Å². The number of aromatic nitrogens is 2. The highest BCUT2D eigenvalue weighted by molar-refractivity contribution is 5.69. The van der Waals surface area contributed by atoms with E-state index in [-0.39, 0.29) is 13.6 Å². The zero-order valence-electron chi connectivity index (χ0n) is 25.2. The van der Waals surface area contributed by atoms with Crippen LogP contribution in [0.3, 0.4) is 0 Å². The number of nitriles is 1. The van der Waals surface area contributed by atoms with E-state index in [0.29, 0.717) is 25.2 Å². The molecule has 0 unspecified atom stereocenters. The summed E-state index contributed by atoms with van der Waals surface area (Å²) >= 11 is 0. The van der Waals surface area contributed by atoms with Crippen LogP contribution in [0.4, 0.5) is 0 Å². The number of benzene rings is 4. The van der Waals surface area contributed by atoms with E-state index in [2.05, 4.69) is 71.0 Å². The van der Waals surface area contributed by atoms with Crippen molar-refractivity contribution in [2.24, 2.45) is 0 Å². The van der Waals surface area contributed by atoms with Crippen molar-refractivity contribution in [3.8, 4) is 51.7 Å². The molecule has 0 saturated carbocycles. The Morgan fingerprint density at radius 2 is 1.36 bits per heavy atom. The molecular weight excluding hydrogens is 564 g/mol. The van der Waals surface area contributed by atoms with Gasteiger partial charge in [0.05, 0.1) is 23.0 Å². The first-order valence-electron chi connectivity index (χ1n) is 15.3. The molecule has 0 aliphatic carbocycles. The molecule has 0 saturated heterocycles. The van der Waals surface area contributed by atoms with Crippen molar-refractivity contribution in [3.63, 3.8) is 0 Å². The monoisotopic (exact) mass is 598 g/mol. The van der Waals surface area contributed by atoms with Gasteiger partial charge in [-0.15, -0.1) is 0 Å². The molecular formula is C37H34N4O4. The summed E-state index contributed by atoms with van der Waals surface area (Å²) < 4.78 is 25.0. The van der Waals surface area contributed by atoms with E-state index >= 15 is 0 Å². The van der Waals surface area contributed by atoms with E-state index in [0.717, 1.165) is 81.9 Å². The van der Waals surface area contributed by atoms with Gasteiger partial charge in [0.2, 0.25) is 13.6 Å². The highest BCUT2D eigenvalue weighted by Crippen LogP contribution is 2.36. The summed E-state index contributed by atoms with van der Waals surface area (Å²) in [7, 11) is 0. The van der Waals surface area contributed by atoms with E-state index in [4.69, 9.17) is 23.9 Å². The number of ether oxygens (including phenoxy) is 4. The van der Waals surface area contributed by atoms with Crippen molar-refractivity contribution in [2.45, 2.75) is 45.9 Å². The molecule has 0 amide bonds. The summed E-state index contributed by atoms with van der Waals surface area (Å²) in [5.41, 5.74) is 7.01. The number of hydrogen-bond acceptors (Lipinski definition) is 7. The molecule has 0 spiro atoms. The molecule has 0 fully saturated rings. The van der Waals surface area contributed by atoms with Gasteiger partial charge in [0.1, 0.15) is 5.82 Å². The summed E-state index contributed by atoms with van der Waals surface area (Å²) in [5, 5.41) is 9.45. The Labute approximate surface area is 263 Å². The topological polar surface area (TPSA) is 81.8 Å². The Hall–Kier alpha value is -5.26. The normalized spacial score (nSPS) is 12.9. The molecule has 8 heteroatoms. The van der Waals surface area contributed by atoms with Gasteiger partial charge in [-0.2, -0.15) is 5.26 Å². The largest absolute Gasteiger partial charge is 0.454 e. The summed E-state index contributed by atoms with van der Waals surface area (Å²) in [6, 6.07) is 32.7. The number of unbranched alkanes of at least 4 members (excludes halogenated alkanes) is 1. The van der Waals surface area contributed by atoms with Gasteiger partial charge < -0.3 is 23.5 Å². The number of rotatable bonds is 11. The van der Waals surface area contributed by atoms with Gasteiger partial charge in [-0.1, -0.05) is 67.9 Å². The molecule has 226 valence electrons. The van der Waals surface area contributed by atoms with Crippen LogP contribution in [0, 0.1) is 11.3 Å². The molecule has 0 atom stereocenters. The molecule has 0 radical (unpaired) electrons. The number of imidazole rings is 1. The number of hydrogen-bond donors (Lipinski definition) is 0. The first kappa shape index (κ1) is 28.5. The maximum atomic E-state index is 9.45. The van der Waals surface area contributed by atoms with E-state index in [1.54, 1.807) is 0 Å². The predicted molar refractivity (Wildman–Crippen MR) is 171 cm³/mol. The minimum Gasteiger partial charge on any atom is -0.454 e. The van der Waals surface area contributed by atoms with Gasteiger partial charge >= 0.3 is 0 Å². The lowest BCUT2D eigenvalue weighted by Gasteiger charge is -2.25. The van der Waals surface area contributed by atoms with E-state index < -0.39 is 0 Å². The van der Waals surface area contributed by atoms with Gasteiger partial charge in [-0.25, -0.2) is 4.98 Å². The molecule has 8 nitrogen and oxygen atoms in total. The molecule has 1 aromatic heterocycles. The molecule has 2 aliphatic heterocycles. The smallest absolute Gasteiger partial charge is 0.231 e. The Kier molecular flexibility index (Phi) is 8.09. The van der Waals surface area contributed by atoms with Gasteiger partial charge in [0.15, 0.2) is 23.0 Å². The third-order valence-corrected chi connectivity index (χ3v) is 8.19. The van der Waals surface area contributed by atoms with Crippen molar-refractivity contribution in [1.82, 2.24) is 14.5 Å². The molecule has 3 heterocycles. The fourth-order valence-electron chi connectivity index (χ4n) is 5.92. The lowest BCUT2D eigenvalue weighted by Crippen LogP contribution is -2.24. The molecule has 45 heavy (non-hydrogen) atoms. The fraction of sp³-hybridized carbons (Fsp3) is 0.243. The van der Waals surface area contributed by atoms with Crippen molar-refractivity contribution < 1.29 is 18.9 Å². The van der Waals surface area contributed by atoms with Crippen molar-refractivity contribution >= 4 is 0 Å². The highest BCUT2D eigenvalue weighted by Gasteiger charge is 2.24. The Morgan fingerprint density at radius 1 is 0.733 bits per heavy atom. The van der Waals surface area contributed by atoms with Gasteiger partial charge in [-0.05, 0) is 53.9 Å². The van der Waals surface area contributed by atoms with Crippen LogP contribution in [0.15, 0.2) is 91.0 Å². The minimum atomic E-state index is 0.243. The number of nitrogens with zero attached hydrogens (tertiary/aromatic N) is 4. The second kappa shape index (κ2) is 12.8. The van der Waals surface area contributed by atoms with Crippen LogP contribution in [-0.4, -0.2) is 28.0 Å². The highest BCUT2D eigenvalue weighted by atomic mass is 16.7. The van der Waals surface area contributed by atoms with Crippen LogP contribution in [0.2, 0.25) is 0 Å². The maximum Gasteiger partial charge on any atom is 0.231 e. The van der Waals surface area contributed by atoms with E-state index in [9.17, 15) is 5.26 Å². The molecule has 0 bridgehead atoms. The summed E-state index contributed by atoms with van der Waals surface area (Å²) in [5.74, 6) is 4.04. The standard InChI is InChI=1S/C37H34N4O4/c1-2-3-17-41-31(36(29-13-9-26(20-38)10-14-29)39-37(41)30-7-5-4-6-8-30)23-40(21-27-11-15-32-34(18-27)44-24-42-32)22-28-12-16-33-35(19-28)45-25-43-33/h4-16,18-19H,2-3,17,21-25H2,1H3. The Balaban J connectivity index is 1.32. The fourth-order valence-corrected chi connectivity index (χ4v) is 5.92. The van der Waals surface area contributed by atoms with Crippen LogP contribution in [0.1, 0.15) is 42.1 Å². The summed E-state index contributed by atoms with van der Waals surface area (Å²) in [6.07, 6.45) is 2.09. The van der Waals surface area contributed by atoms with Crippen LogP contribution < -0.4 is 18.9 Å².